The lowest BCUT2D eigenvalue weighted by molar-refractivity contribution is -0.133. The van der Waals surface area contributed by atoms with Crippen LogP contribution in [0.3, 0.4) is 0 Å². The summed E-state index contributed by atoms with van der Waals surface area (Å²) < 4.78 is 5.48. The van der Waals surface area contributed by atoms with E-state index >= 15 is 0 Å². The van der Waals surface area contributed by atoms with Gasteiger partial charge >= 0.3 is 0 Å². The number of likely N-dealkylation sites (N-methyl/N-ethyl adjacent to an activating group) is 1. The first-order valence-electron chi connectivity index (χ1n) is 5.31. The Hall–Kier alpha value is -0.610. The molecule has 0 radical (unpaired) electrons. The molecule has 0 saturated carbocycles. The molecular weight excluding hydrogens is 180 g/mol. The molecule has 1 unspecified atom stereocenters. The van der Waals surface area contributed by atoms with Crippen LogP contribution in [0.5, 0.6) is 0 Å². The summed E-state index contributed by atoms with van der Waals surface area (Å²) >= 11 is 0. The Morgan fingerprint density at radius 2 is 2.43 bits per heavy atom. The molecule has 2 atom stereocenters. The molecule has 0 aromatic carbocycles. The van der Waals surface area contributed by atoms with Crippen LogP contribution in [0.1, 0.15) is 26.7 Å². The van der Waals surface area contributed by atoms with Gasteiger partial charge in [0, 0.05) is 19.7 Å². The highest BCUT2D eigenvalue weighted by atomic mass is 16.5. The van der Waals surface area contributed by atoms with Crippen molar-refractivity contribution >= 4 is 5.91 Å². The highest BCUT2D eigenvalue weighted by molar-refractivity contribution is 5.81. The largest absolute Gasteiger partial charge is 0.376 e. The second-order valence-corrected chi connectivity index (χ2v) is 3.80. The number of nitrogens with two attached hydrogens (primary N) is 1. The monoisotopic (exact) mass is 200 g/mol. The predicted octanol–water partition coefficient (Wildman–Crippen LogP) is 0.361. The number of rotatable bonds is 4. The van der Waals surface area contributed by atoms with Gasteiger partial charge in [0.05, 0.1) is 12.1 Å². The SMILES string of the molecule is CCN(CC1CCCO1)C(=O)[C@H](C)N. The molecule has 4 heteroatoms. The van der Waals surface area contributed by atoms with E-state index in [2.05, 4.69) is 0 Å². The van der Waals surface area contributed by atoms with Gasteiger partial charge < -0.3 is 15.4 Å². The Morgan fingerprint density at radius 1 is 1.71 bits per heavy atom. The van der Waals surface area contributed by atoms with Crippen LogP contribution in [-0.4, -0.2) is 42.6 Å². The molecule has 0 aromatic heterocycles. The van der Waals surface area contributed by atoms with Crippen molar-refractivity contribution in [2.75, 3.05) is 19.7 Å². The number of ether oxygens (including phenoxy) is 1. The van der Waals surface area contributed by atoms with Crippen LogP contribution in [0.25, 0.3) is 0 Å². The molecule has 1 rings (SSSR count). The Labute approximate surface area is 85.4 Å². The van der Waals surface area contributed by atoms with Crippen LogP contribution in [0.4, 0.5) is 0 Å². The van der Waals surface area contributed by atoms with Gasteiger partial charge in [-0.3, -0.25) is 4.79 Å². The topological polar surface area (TPSA) is 55.6 Å². The zero-order valence-electron chi connectivity index (χ0n) is 9.03. The molecule has 14 heavy (non-hydrogen) atoms. The fourth-order valence-corrected chi connectivity index (χ4v) is 1.70. The second-order valence-electron chi connectivity index (χ2n) is 3.80. The van der Waals surface area contributed by atoms with Crippen LogP contribution in [0, 0.1) is 0 Å². The molecule has 1 amide bonds. The van der Waals surface area contributed by atoms with Crippen molar-refractivity contribution in [2.24, 2.45) is 5.73 Å². The maximum Gasteiger partial charge on any atom is 0.239 e. The predicted molar refractivity (Wildman–Crippen MR) is 54.9 cm³/mol. The lowest BCUT2D eigenvalue weighted by Gasteiger charge is -2.25. The molecule has 1 aliphatic heterocycles. The van der Waals surface area contributed by atoms with Crippen molar-refractivity contribution < 1.29 is 9.53 Å². The first-order valence-corrected chi connectivity index (χ1v) is 5.31. The standard InChI is InChI=1S/C10H20N2O2/c1-3-12(10(13)8(2)11)7-9-5-4-6-14-9/h8-9H,3-7,11H2,1-2H3/t8-,9?/m0/s1. The van der Waals surface area contributed by atoms with Gasteiger partial charge in [0.25, 0.3) is 0 Å². The third-order valence-electron chi connectivity index (χ3n) is 2.53. The number of hydrogen-bond donors (Lipinski definition) is 1. The average molecular weight is 200 g/mol. The Kier molecular flexibility index (Phi) is 4.35. The highest BCUT2D eigenvalue weighted by Crippen LogP contribution is 2.13. The molecule has 1 heterocycles. The number of carbonyl (C=O) groups excluding carboxylic acids is 1. The summed E-state index contributed by atoms with van der Waals surface area (Å²) in [6.45, 7) is 5.92. The lowest BCUT2D eigenvalue weighted by Crippen LogP contribution is -2.45. The first-order chi connectivity index (χ1) is 6.65. The van der Waals surface area contributed by atoms with E-state index in [4.69, 9.17) is 10.5 Å². The van der Waals surface area contributed by atoms with Gasteiger partial charge in [-0.05, 0) is 26.7 Å². The third-order valence-corrected chi connectivity index (χ3v) is 2.53. The van der Waals surface area contributed by atoms with Crippen molar-refractivity contribution in [1.82, 2.24) is 4.90 Å². The van der Waals surface area contributed by atoms with Crippen LogP contribution >= 0.6 is 0 Å². The van der Waals surface area contributed by atoms with E-state index in [1.54, 1.807) is 11.8 Å². The van der Waals surface area contributed by atoms with Crippen molar-refractivity contribution in [3.05, 3.63) is 0 Å². The Balaban J connectivity index is 2.41. The van der Waals surface area contributed by atoms with Gasteiger partial charge in [0.15, 0.2) is 0 Å². The maximum absolute atomic E-state index is 11.6. The summed E-state index contributed by atoms with van der Waals surface area (Å²) in [5.74, 6) is 0.0167. The molecule has 4 nitrogen and oxygen atoms in total. The van der Waals surface area contributed by atoms with E-state index in [1.807, 2.05) is 6.92 Å². The molecular formula is C10H20N2O2. The van der Waals surface area contributed by atoms with Gasteiger partial charge in [0.1, 0.15) is 0 Å². The van der Waals surface area contributed by atoms with E-state index in [9.17, 15) is 4.79 Å². The molecule has 0 spiro atoms. The van der Waals surface area contributed by atoms with Crippen LogP contribution in [0.15, 0.2) is 0 Å². The Morgan fingerprint density at radius 3 is 2.86 bits per heavy atom. The van der Waals surface area contributed by atoms with E-state index < -0.39 is 6.04 Å². The van der Waals surface area contributed by atoms with E-state index in [-0.39, 0.29) is 12.0 Å². The van der Waals surface area contributed by atoms with Crippen LogP contribution < -0.4 is 5.73 Å². The van der Waals surface area contributed by atoms with Crippen molar-refractivity contribution in [3.63, 3.8) is 0 Å². The van der Waals surface area contributed by atoms with Gasteiger partial charge in [-0.1, -0.05) is 0 Å². The maximum atomic E-state index is 11.6. The molecule has 0 aliphatic carbocycles. The third kappa shape index (κ3) is 2.96. The lowest BCUT2D eigenvalue weighted by atomic mass is 10.2. The zero-order valence-corrected chi connectivity index (χ0v) is 9.03. The normalized spacial score (nSPS) is 23.5. The summed E-state index contributed by atoms with van der Waals surface area (Å²) in [6.07, 6.45) is 2.38. The van der Waals surface area contributed by atoms with Gasteiger partial charge in [-0.25, -0.2) is 0 Å². The molecule has 1 fully saturated rings. The molecule has 2 N–H and O–H groups in total. The number of nitrogens with zero attached hydrogens (tertiary/aromatic N) is 1. The minimum absolute atomic E-state index is 0.0167. The number of carbonyl (C=O) groups is 1. The summed E-state index contributed by atoms with van der Waals surface area (Å²) in [5.41, 5.74) is 5.55. The molecule has 1 saturated heterocycles. The minimum Gasteiger partial charge on any atom is -0.376 e. The summed E-state index contributed by atoms with van der Waals surface area (Å²) in [5, 5.41) is 0. The van der Waals surface area contributed by atoms with Crippen molar-refractivity contribution in [1.29, 1.82) is 0 Å². The van der Waals surface area contributed by atoms with E-state index in [1.165, 1.54) is 0 Å². The van der Waals surface area contributed by atoms with E-state index in [0.29, 0.717) is 13.1 Å². The average Bonchev–Trinajstić information content (AvgIpc) is 2.65. The Bertz CT molecular complexity index is 189. The van der Waals surface area contributed by atoms with Crippen LogP contribution in [-0.2, 0) is 9.53 Å². The van der Waals surface area contributed by atoms with Gasteiger partial charge in [-0.15, -0.1) is 0 Å². The first kappa shape index (κ1) is 11.5. The molecule has 0 bridgehead atoms. The minimum atomic E-state index is -0.406. The van der Waals surface area contributed by atoms with Gasteiger partial charge in [-0.2, -0.15) is 0 Å². The summed E-state index contributed by atoms with van der Waals surface area (Å²) in [6, 6.07) is -0.406. The molecule has 0 aromatic rings. The number of amides is 1. The second kappa shape index (κ2) is 5.32. The zero-order chi connectivity index (χ0) is 10.6. The van der Waals surface area contributed by atoms with Crippen molar-refractivity contribution in [3.8, 4) is 0 Å². The quantitative estimate of drug-likeness (QED) is 0.713. The molecule has 1 aliphatic rings. The molecule has 82 valence electrons. The highest BCUT2D eigenvalue weighted by Gasteiger charge is 2.22. The van der Waals surface area contributed by atoms with Crippen molar-refractivity contribution in [2.45, 2.75) is 38.8 Å². The smallest absolute Gasteiger partial charge is 0.239 e. The number of hydrogen-bond acceptors (Lipinski definition) is 3. The van der Waals surface area contributed by atoms with Crippen LogP contribution in [0.2, 0.25) is 0 Å². The fraction of sp³-hybridized carbons (Fsp3) is 0.900. The van der Waals surface area contributed by atoms with Gasteiger partial charge in [0.2, 0.25) is 5.91 Å². The fourth-order valence-electron chi connectivity index (χ4n) is 1.70. The summed E-state index contributed by atoms with van der Waals surface area (Å²) in [4.78, 5) is 13.4. The van der Waals surface area contributed by atoms with E-state index in [0.717, 1.165) is 19.4 Å². The summed E-state index contributed by atoms with van der Waals surface area (Å²) in [7, 11) is 0.